The molecule has 198 valence electrons. The average Bonchev–Trinajstić information content (AvgIpc) is 3.40. The first kappa shape index (κ1) is 19.0. The van der Waals surface area contributed by atoms with Crippen LogP contribution in [-0.2, 0) is 5.41 Å². The lowest BCUT2D eigenvalue weighted by Crippen LogP contribution is -2.11. The predicted molar refractivity (Wildman–Crippen MR) is 165 cm³/mol. The van der Waals surface area contributed by atoms with E-state index in [1.807, 2.05) is 45.0 Å². The minimum Gasteiger partial charge on any atom is -0.455 e. The molecule has 0 aliphatic heterocycles. The molecule has 0 radical (unpaired) electrons. The number of nitriles is 2. The number of aryl methyl sites for hydroxylation is 2. The van der Waals surface area contributed by atoms with Gasteiger partial charge in [0.25, 0.3) is 0 Å². The maximum Gasteiger partial charge on any atom is 0.144 e. The van der Waals surface area contributed by atoms with Gasteiger partial charge < -0.3 is 4.42 Å². The van der Waals surface area contributed by atoms with Gasteiger partial charge in [0.15, 0.2) is 0 Å². The van der Waals surface area contributed by atoms with Crippen molar-refractivity contribution in [2.45, 2.75) is 39.9 Å². The molecule has 6 aromatic rings. The fraction of sp³-hybridized carbons (Fsp3) is 0.162. The lowest BCUT2D eigenvalue weighted by molar-refractivity contribution is 0.590. The Kier molecular flexibility index (Phi) is 4.52. The number of para-hydroxylation sites is 1. The number of hydrogen-bond donors (Lipinski definition) is 0. The monoisotopic (exact) mass is 538 g/mol. The summed E-state index contributed by atoms with van der Waals surface area (Å²) < 4.78 is 65.2. The number of furan rings is 1. The summed E-state index contributed by atoms with van der Waals surface area (Å²) in [4.78, 5) is 4.52. The molecule has 4 aromatic carbocycles. The Labute approximate surface area is 250 Å². The first-order valence-electron chi connectivity index (χ1n) is 16.6. The first-order chi connectivity index (χ1) is 22.5. The standard InChI is InChI=1S/C37H29N3O/c1-22-16-27(37(3,4)5)13-15-28(22)32-18-33(40-21-23(32)2)31-11-7-10-30-29-14-12-24(17-34(29)41-36(30)31)35-25(19-38)8-6-9-26(35)20-39/h6-18,21H,1-5H3/i1D3,2D3,15D. The van der Waals surface area contributed by atoms with Crippen LogP contribution < -0.4 is 0 Å². The van der Waals surface area contributed by atoms with Crippen LogP contribution in [0, 0.1) is 36.4 Å². The summed E-state index contributed by atoms with van der Waals surface area (Å²) >= 11 is 0. The lowest BCUT2D eigenvalue weighted by Gasteiger charge is -2.21. The highest BCUT2D eigenvalue weighted by molar-refractivity contribution is 6.10. The summed E-state index contributed by atoms with van der Waals surface area (Å²) in [6, 6.07) is 24.8. The van der Waals surface area contributed by atoms with E-state index in [0.29, 0.717) is 50.2 Å². The van der Waals surface area contributed by atoms with E-state index in [9.17, 15) is 10.5 Å². The molecule has 0 saturated carbocycles. The molecular weight excluding hydrogens is 502 g/mol. The van der Waals surface area contributed by atoms with E-state index in [-0.39, 0.29) is 28.3 Å². The number of hydrogen-bond acceptors (Lipinski definition) is 4. The highest BCUT2D eigenvalue weighted by Gasteiger charge is 2.19. The van der Waals surface area contributed by atoms with Crippen molar-refractivity contribution in [2.24, 2.45) is 0 Å². The fourth-order valence-electron chi connectivity index (χ4n) is 5.17. The van der Waals surface area contributed by atoms with Crippen molar-refractivity contribution in [1.29, 1.82) is 10.5 Å². The highest BCUT2D eigenvalue weighted by Crippen LogP contribution is 2.39. The minimum absolute atomic E-state index is 0.0173. The summed E-state index contributed by atoms with van der Waals surface area (Å²) in [7, 11) is 0. The largest absolute Gasteiger partial charge is 0.455 e. The van der Waals surface area contributed by atoms with Crippen LogP contribution in [-0.4, -0.2) is 4.98 Å². The molecule has 6 rings (SSSR count). The number of pyridine rings is 1. The first-order valence-corrected chi connectivity index (χ1v) is 13.1. The maximum absolute atomic E-state index is 9.72. The van der Waals surface area contributed by atoms with Gasteiger partial charge in [0.1, 0.15) is 11.2 Å². The molecule has 2 heterocycles. The lowest BCUT2D eigenvalue weighted by atomic mass is 9.84. The number of benzene rings is 4. The second-order valence-corrected chi connectivity index (χ2v) is 11.0. The molecule has 0 fully saturated rings. The van der Waals surface area contributed by atoms with Gasteiger partial charge in [-0.2, -0.15) is 10.5 Å². The Morgan fingerprint density at radius 2 is 1.56 bits per heavy atom. The summed E-state index contributed by atoms with van der Waals surface area (Å²) in [6.07, 6.45) is 1.22. The van der Waals surface area contributed by atoms with Crippen molar-refractivity contribution in [1.82, 2.24) is 4.98 Å². The molecule has 0 amide bonds. The van der Waals surface area contributed by atoms with Crippen molar-refractivity contribution in [2.75, 3.05) is 0 Å². The SMILES string of the molecule is [2H]c1cc(C(C)(C)C)cc(C([2H])([2H])[2H])c1-c1cc(-c2cccc3c2oc2cc(-c4c(C#N)cccc4C#N)ccc23)ncc1C([2H])([2H])[2H]. The van der Waals surface area contributed by atoms with Crippen molar-refractivity contribution in [3.8, 4) is 45.6 Å². The van der Waals surface area contributed by atoms with Crippen LogP contribution >= 0.6 is 0 Å². The number of nitrogens with zero attached hydrogens (tertiary/aromatic N) is 3. The summed E-state index contributed by atoms with van der Waals surface area (Å²) in [5.74, 6) is 0. The van der Waals surface area contributed by atoms with E-state index in [0.717, 1.165) is 10.8 Å². The molecular formula is C37H29N3O. The Morgan fingerprint density at radius 1 is 0.805 bits per heavy atom. The zero-order valence-corrected chi connectivity index (χ0v) is 22.8. The van der Waals surface area contributed by atoms with E-state index in [1.54, 1.807) is 42.5 Å². The number of aromatic nitrogens is 1. The summed E-state index contributed by atoms with van der Waals surface area (Å²) in [6.45, 7) is 0.486. The summed E-state index contributed by atoms with van der Waals surface area (Å²) in [5.41, 5.74) is 3.72. The zero-order chi connectivity index (χ0) is 34.8. The Hall–Kier alpha value is -5.19. The van der Waals surface area contributed by atoms with Crippen LogP contribution in [0.4, 0.5) is 0 Å². The van der Waals surface area contributed by atoms with Crippen LogP contribution in [0.25, 0.3) is 55.4 Å². The third-order valence-electron chi connectivity index (χ3n) is 7.35. The van der Waals surface area contributed by atoms with Gasteiger partial charge >= 0.3 is 0 Å². The highest BCUT2D eigenvalue weighted by atomic mass is 16.3. The quantitative estimate of drug-likeness (QED) is 0.225. The van der Waals surface area contributed by atoms with E-state index in [1.165, 1.54) is 12.3 Å². The van der Waals surface area contributed by atoms with Gasteiger partial charge in [-0.05, 0) is 88.9 Å². The Morgan fingerprint density at radius 3 is 2.27 bits per heavy atom. The molecule has 0 unspecified atom stereocenters. The van der Waals surface area contributed by atoms with E-state index in [2.05, 4.69) is 17.1 Å². The number of fused-ring (bicyclic) bond motifs is 3. The van der Waals surface area contributed by atoms with Crippen LogP contribution in [0.2, 0.25) is 0 Å². The molecule has 41 heavy (non-hydrogen) atoms. The second-order valence-electron chi connectivity index (χ2n) is 11.0. The van der Waals surface area contributed by atoms with Crippen LogP contribution in [0.3, 0.4) is 0 Å². The van der Waals surface area contributed by atoms with Crippen molar-refractivity contribution >= 4 is 21.9 Å². The molecule has 0 N–H and O–H groups in total. The molecule has 0 aliphatic carbocycles. The average molecular weight is 539 g/mol. The van der Waals surface area contributed by atoms with Gasteiger partial charge in [-0.15, -0.1) is 0 Å². The van der Waals surface area contributed by atoms with E-state index in [4.69, 9.17) is 14.0 Å². The van der Waals surface area contributed by atoms with Crippen LogP contribution in [0.5, 0.6) is 0 Å². The van der Waals surface area contributed by atoms with Crippen LogP contribution in [0.1, 0.15) is 58.2 Å². The normalized spacial score (nSPS) is 14.6. The number of rotatable bonds is 3. The van der Waals surface area contributed by atoms with Gasteiger partial charge in [0.05, 0.1) is 30.3 Å². The van der Waals surface area contributed by atoms with Crippen molar-refractivity contribution < 1.29 is 14.0 Å². The fourth-order valence-corrected chi connectivity index (χ4v) is 5.17. The molecule has 2 aromatic heterocycles. The van der Waals surface area contributed by atoms with E-state index < -0.39 is 19.1 Å². The van der Waals surface area contributed by atoms with Crippen molar-refractivity contribution in [3.63, 3.8) is 0 Å². The maximum atomic E-state index is 9.72. The molecule has 4 heteroatoms. The minimum atomic E-state index is -2.65. The topological polar surface area (TPSA) is 73.6 Å². The predicted octanol–water partition coefficient (Wildman–Crippen LogP) is 9.64. The Bertz CT molecular complexity index is 2320. The molecule has 4 nitrogen and oxygen atoms in total. The van der Waals surface area contributed by atoms with Gasteiger partial charge in [-0.1, -0.05) is 63.2 Å². The van der Waals surface area contributed by atoms with Crippen LogP contribution in [0.15, 0.2) is 89.5 Å². The third-order valence-corrected chi connectivity index (χ3v) is 7.35. The third kappa shape index (κ3) is 4.45. The zero-order valence-electron chi connectivity index (χ0n) is 29.8. The van der Waals surface area contributed by atoms with Crippen molar-refractivity contribution in [3.05, 3.63) is 113 Å². The van der Waals surface area contributed by atoms with Gasteiger partial charge in [0.2, 0.25) is 0 Å². The van der Waals surface area contributed by atoms with Gasteiger partial charge in [0, 0.05) is 36.3 Å². The Balaban J connectivity index is 1.60. The second kappa shape index (κ2) is 9.77. The van der Waals surface area contributed by atoms with Gasteiger partial charge in [-0.25, -0.2) is 0 Å². The molecule has 0 spiro atoms. The molecule has 0 saturated heterocycles. The van der Waals surface area contributed by atoms with E-state index >= 15 is 0 Å². The molecule has 0 aliphatic rings. The smallest absolute Gasteiger partial charge is 0.144 e. The van der Waals surface area contributed by atoms with Gasteiger partial charge in [-0.3, -0.25) is 4.98 Å². The molecule has 0 atom stereocenters. The molecule has 0 bridgehead atoms. The summed E-state index contributed by atoms with van der Waals surface area (Å²) in [5, 5.41) is 21.0.